The lowest BCUT2D eigenvalue weighted by Crippen LogP contribution is -2.17. The molecular formula is C17H14N2O4S. The van der Waals surface area contributed by atoms with Gasteiger partial charge in [0.15, 0.2) is 22.1 Å². The summed E-state index contributed by atoms with van der Waals surface area (Å²) in [4.78, 5) is 17.0. The topological polar surface area (TPSA) is 66.0 Å². The number of nitrogens with zero attached hydrogens (tertiary/aromatic N) is 2. The molecule has 7 heteroatoms. The van der Waals surface area contributed by atoms with Crippen LogP contribution in [0.1, 0.15) is 10.6 Å². The van der Waals surface area contributed by atoms with Gasteiger partial charge < -0.3 is 18.5 Å². The van der Waals surface area contributed by atoms with E-state index in [1.54, 1.807) is 18.2 Å². The molecule has 0 unspecified atom stereocenters. The van der Waals surface area contributed by atoms with Gasteiger partial charge in [-0.1, -0.05) is 17.4 Å². The van der Waals surface area contributed by atoms with Gasteiger partial charge in [0, 0.05) is 18.7 Å². The average Bonchev–Trinajstić information content (AvgIpc) is 3.22. The summed E-state index contributed by atoms with van der Waals surface area (Å²) in [5, 5.41) is 0. The number of benzene rings is 1. The molecule has 0 radical (unpaired) electrons. The summed E-state index contributed by atoms with van der Waals surface area (Å²) in [5.74, 6) is 1.21. The number of fused-ring (bicyclic) bond motifs is 2. The standard InChI is InChI=1S/C17H14N2O4S/c1-2-5-19-11-9-13-14(23-8-7-22-13)10-15(11)24-17(19)18-16(20)12-4-3-6-21-12/h2-4,6,9-10H,1,5,7-8H2. The minimum Gasteiger partial charge on any atom is -0.486 e. The van der Waals surface area contributed by atoms with E-state index in [1.807, 2.05) is 16.7 Å². The molecule has 0 saturated carbocycles. The van der Waals surface area contributed by atoms with Crippen molar-refractivity contribution in [2.75, 3.05) is 13.2 Å². The van der Waals surface area contributed by atoms with E-state index in [-0.39, 0.29) is 5.76 Å². The first-order valence-corrected chi connectivity index (χ1v) is 8.24. The Morgan fingerprint density at radius 2 is 2.12 bits per heavy atom. The van der Waals surface area contributed by atoms with Crippen LogP contribution in [0.2, 0.25) is 0 Å². The van der Waals surface area contributed by atoms with Crippen LogP contribution in [-0.4, -0.2) is 23.7 Å². The first-order chi connectivity index (χ1) is 11.8. The van der Waals surface area contributed by atoms with Gasteiger partial charge in [-0.15, -0.1) is 6.58 Å². The van der Waals surface area contributed by atoms with Gasteiger partial charge in [-0.05, 0) is 12.1 Å². The largest absolute Gasteiger partial charge is 0.486 e. The van der Waals surface area contributed by atoms with Crippen LogP contribution in [0.3, 0.4) is 0 Å². The van der Waals surface area contributed by atoms with Gasteiger partial charge in [-0.3, -0.25) is 4.79 Å². The van der Waals surface area contributed by atoms with Crippen molar-refractivity contribution in [2.45, 2.75) is 6.54 Å². The Kier molecular flexibility index (Phi) is 3.70. The Bertz CT molecular complexity index is 982. The summed E-state index contributed by atoms with van der Waals surface area (Å²) in [5.41, 5.74) is 0.926. The summed E-state index contributed by atoms with van der Waals surface area (Å²) in [6, 6.07) is 7.09. The number of carbonyl (C=O) groups excluding carboxylic acids is 1. The van der Waals surface area contributed by atoms with Crippen LogP contribution in [0, 0.1) is 0 Å². The highest BCUT2D eigenvalue weighted by Gasteiger charge is 2.17. The molecule has 1 aliphatic heterocycles. The van der Waals surface area contributed by atoms with Crippen LogP contribution in [0.4, 0.5) is 0 Å². The Hall–Kier alpha value is -2.80. The number of allylic oxidation sites excluding steroid dienone is 1. The minimum atomic E-state index is -0.415. The van der Waals surface area contributed by atoms with Crippen LogP contribution in [0.5, 0.6) is 11.5 Å². The predicted octanol–water partition coefficient (Wildman–Crippen LogP) is 2.99. The smallest absolute Gasteiger partial charge is 0.315 e. The van der Waals surface area contributed by atoms with Crippen LogP contribution in [0.25, 0.3) is 10.2 Å². The third kappa shape index (κ3) is 2.52. The highest BCUT2D eigenvalue weighted by Crippen LogP contribution is 2.35. The quantitative estimate of drug-likeness (QED) is 0.686. The maximum absolute atomic E-state index is 12.2. The molecule has 6 nitrogen and oxygen atoms in total. The molecule has 4 rings (SSSR count). The number of rotatable bonds is 3. The molecule has 122 valence electrons. The van der Waals surface area contributed by atoms with Crippen molar-refractivity contribution in [1.29, 1.82) is 0 Å². The van der Waals surface area contributed by atoms with E-state index >= 15 is 0 Å². The predicted molar refractivity (Wildman–Crippen MR) is 89.6 cm³/mol. The lowest BCUT2D eigenvalue weighted by Gasteiger charge is -2.18. The molecule has 0 bridgehead atoms. The number of carbonyl (C=O) groups is 1. The Morgan fingerprint density at radius 1 is 1.33 bits per heavy atom. The summed E-state index contributed by atoms with van der Waals surface area (Å²) < 4.78 is 19.3. The van der Waals surface area contributed by atoms with Crippen LogP contribution in [0.15, 0.2) is 52.6 Å². The highest BCUT2D eigenvalue weighted by molar-refractivity contribution is 7.16. The molecule has 0 aliphatic carbocycles. The second kappa shape index (κ2) is 6.01. The summed E-state index contributed by atoms with van der Waals surface area (Å²) in [6.45, 7) is 5.37. The number of thiazole rings is 1. The van der Waals surface area contributed by atoms with E-state index in [0.29, 0.717) is 36.1 Å². The van der Waals surface area contributed by atoms with Crippen LogP contribution >= 0.6 is 11.3 Å². The number of hydrogen-bond donors (Lipinski definition) is 0. The van der Waals surface area contributed by atoms with E-state index in [9.17, 15) is 4.79 Å². The van der Waals surface area contributed by atoms with Crippen molar-refractivity contribution >= 4 is 27.5 Å². The first kappa shape index (κ1) is 14.8. The fourth-order valence-corrected chi connectivity index (χ4v) is 3.59. The van der Waals surface area contributed by atoms with Gasteiger partial charge in [0.25, 0.3) is 0 Å². The van der Waals surface area contributed by atoms with Crippen molar-refractivity contribution < 1.29 is 18.7 Å². The van der Waals surface area contributed by atoms with Gasteiger partial charge in [0.1, 0.15) is 13.2 Å². The zero-order chi connectivity index (χ0) is 16.5. The van der Waals surface area contributed by atoms with Gasteiger partial charge in [0.05, 0.1) is 16.5 Å². The first-order valence-electron chi connectivity index (χ1n) is 7.42. The Balaban J connectivity index is 1.89. The van der Waals surface area contributed by atoms with Gasteiger partial charge >= 0.3 is 5.91 Å². The SMILES string of the molecule is C=CCn1c(=NC(=O)c2ccco2)sc2cc3c(cc21)OCCO3. The zero-order valence-electron chi connectivity index (χ0n) is 12.7. The van der Waals surface area contributed by atoms with Crippen molar-refractivity contribution in [3.8, 4) is 11.5 Å². The number of ether oxygens (including phenoxy) is 2. The second-order valence-electron chi connectivity index (χ2n) is 5.14. The molecule has 0 saturated heterocycles. The number of furan rings is 1. The van der Waals surface area contributed by atoms with Crippen molar-refractivity contribution in [2.24, 2.45) is 4.99 Å². The maximum atomic E-state index is 12.2. The van der Waals surface area contributed by atoms with Gasteiger partial charge in [-0.2, -0.15) is 4.99 Å². The van der Waals surface area contributed by atoms with E-state index < -0.39 is 5.91 Å². The van der Waals surface area contributed by atoms with Gasteiger partial charge in [-0.25, -0.2) is 0 Å². The molecule has 0 spiro atoms. The van der Waals surface area contributed by atoms with Crippen molar-refractivity contribution in [3.63, 3.8) is 0 Å². The molecular weight excluding hydrogens is 328 g/mol. The van der Waals surface area contributed by atoms with Crippen LogP contribution < -0.4 is 14.3 Å². The third-order valence-corrected chi connectivity index (χ3v) is 4.63. The molecule has 0 N–H and O–H groups in total. The monoisotopic (exact) mass is 342 g/mol. The molecule has 24 heavy (non-hydrogen) atoms. The third-order valence-electron chi connectivity index (χ3n) is 3.59. The number of aromatic nitrogens is 1. The minimum absolute atomic E-state index is 0.212. The zero-order valence-corrected chi connectivity index (χ0v) is 13.5. The summed E-state index contributed by atoms with van der Waals surface area (Å²) >= 11 is 1.41. The van der Waals surface area contributed by atoms with E-state index in [1.165, 1.54) is 17.6 Å². The molecule has 1 aliphatic rings. The lowest BCUT2D eigenvalue weighted by atomic mass is 10.2. The molecule has 1 amide bonds. The van der Waals surface area contributed by atoms with E-state index in [4.69, 9.17) is 13.9 Å². The summed E-state index contributed by atoms with van der Waals surface area (Å²) in [7, 11) is 0. The number of amides is 1. The maximum Gasteiger partial charge on any atom is 0.315 e. The molecule has 1 aromatic carbocycles. The lowest BCUT2D eigenvalue weighted by molar-refractivity contribution is 0.0971. The van der Waals surface area contributed by atoms with Crippen molar-refractivity contribution in [3.05, 3.63) is 53.7 Å². The van der Waals surface area contributed by atoms with Crippen LogP contribution in [-0.2, 0) is 6.54 Å². The molecule has 3 heterocycles. The molecule has 0 atom stereocenters. The highest BCUT2D eigenvalue weighted by atomic mass is 32.1. The second-order valence-corrected chi connectivity index (χ2v) is 6.15. The molecule has 3 aromatic rings. The van der Waals surface area contributed by atoms with E-state index in [2.05, 4.69) is 11.6 Å². The fraction of sp³-hybridized carbons (Fsp3) is 0.176. The van der Waals surface area contributed by atoms with Gasteiger partial charge in [0.2, 0.25) is 0 Å². The number of hydrogen-bond acceptors (Lipinski definition) is 5. The van der Waals surface area contributed by atoms with E-state index in [0.717, 1.165) is 10.2 Å². The average molecular weight is 342 g/mol. The Labute approximate surface area is 141 Å². The molecule has 2 aromatic heterocycles. The fourth-order valence-electron chi connectivity index (χ4n) is 2.54. The Morgan fingerprint density at radius 3 is 2.83 bits per heavy atom. The normalized spacial score (nSPS) is 14.1. The molecule has 0 fully saturated rings. The summed E-state index contributed by atoms with van der Waals surface area (Å²) in [6.07, 6.45) is 3.22. The van der Waals surface area contributed by atoms with Crippen molar-refractivity contribution in [1.82, 2.24) is 4.57 Å².